The van der Waals surface area contributed by atoms with E-state index >= 15 is 0 Å². The summed E-state index contributed by atoms with van der Waals surface area (Å²) in [5.41, 5.74) is 9.18. The Bertz CT molecular complexity index is 1320. The first-order chi connectivity index (χ1) is 16.2. The fourth-order valence-corrected chi connectivity index (χ4v) is 9.17. The lowest BCUT2D eigenvalue weighted by Gasteiger charge is -2.29. The van der Waals surface area contributed by atoms with Gasteiger partial charge < -0.3 is 0 Å². The van der Waals surface area contributed by atoms with Crippen molar-refractivity contribution in [2.45, 2.75) is 41.5 Å². The highest BCUT2D eigenvalue weighted by molar-refractivity contribution is 8.02. The van der Waals surface area contributed by atoms with Crippen molar-refractivity contribution in [2.75, 3.05) is 0 Å². The summed E-state index contributed by atoms with van der Waals surface area (Å²) in [5, 5.41) is 2.18. The van der Waals surface area contributed by atoms with Crippen LogP contribution in [0.15, 0.2) is 84.9 Å². The van der Waals surface area contributed by atoms with E-state index < -0.39 is 6.89 Å². The topological polar surface area (TPSA) is 17.1 Å². The molecule has 0 fully saturated rings. The minimum atomic E-state index is -2.64. The van der Waals surface area contributed by atoms with Crippen LogP contribution in [0.25, 0.3) is 0 Å². The zero-order valence-electron chi connectivity index (χ0n) is 21.0. The zero-order valence-corrected chi connectivity index (χ0v) is 21.9. The first-order valence-corrected chi connectivity index (χ1v) is 13.7. The number of hydrogen-bond donors (Lipinski definition) is 0. The average molecular weight is 465 g/mol. The van der Waals surface area contributed by atoms with Gasteiger partial charge in [0.05, 0.1) is 0 Å². The molecule has 0 aliphatic carbocycles. The van der Waals surface area contributed by atoms with E-state index in [4.69, 9.17) is 0 Å². The molecule has 0 atom stereocenters. The van der Waals surface area contributed by atoms with E-state index in [2.05, 4.69) is 120 Å². The van der Waals surface area contributed by atoms with Crippen LogP contribution in [0.5, 0.6) is 0 Å². The fourth-order valence-electron chi connectivity index (χ4n) is 5.20. The van der Waals surface area contributed by atoms with Crippen LogP contribution in [0.1, 0.15) is 49.3 Å². The Morgan fingerprint density at radius 2 is 0.971 bits per heavy atom. The Labute approximate surface area is 204 Å². The van der Waals surface area contributed by atoms with Gasteiger partial charge in [-0.25, -0.2) is 0 Å². The number of carbonyl (C=O) groups excluding carboxylic acids is 1. The normalized spacial score (nSPS) is 11.4. The smallest absolute Gasteiger partial charge is 0.192 e. The molecular formula is C32H33OP. The molecule has 34 heavy (non-hydrogen) atoms. The van der Waals surface area contributed by atoms with Crippen molar-refractivity contribution in [1.82, 2.24) is 0 Å². The van der Waals surface area contributed by atoms with Crippen LogP contribution in [0, 0.1) is 41.5 Å². The monoisotopic (exact) mass is 464 g/mol. The standard InChI is InChI=1S/C32H33OP/c1-22-17-24(3)30(25(4)18-22)21-34(28-13-9-7-10-14-28,29-15-11-8-12-16-29)32(33)31-26(5)19-23(2)20-27(31)6/h7-21H,1-6H3. The second kappa shape index (κ2) is 9.61. The van der Waals surface area contributed by atoms with Crippen LogP contribution in [-0.2, 0) is 0 Å². The summed E-state index contributed by atoms with van der Waals surface area (Å²) in [6, 6.07) is 29.5. The Morgan fingerprint density at radius 3 is 1.38 bits per heavy atom. The van der Waals surface area contributed by atoms with Gasteiger partial charge in [0.25, 0.3) is 0 Å². The number of rotatable bonds is 5. The Hall–Kier alpha value is -3.15. The van der Waals surface area contributed by atoms with Gasteiger partial charge in [0, 0.05) is 12.4 Å². The molecule has 0 radical (unpaired) electrons. The van der Waals surface area contributed by atoms with Gasteiger partial charge in [0.2, 0.25) is 0 Å². The molecule has 1 nitrogen and oxygen atoms in total. The van der Waals surface area contributed by atoms with Crippen molar-refractivity contribution in [3.8, 4) is 0 Å². The largest absolute Gasteiger partial charge is 0.288 e. The molecular weight excluding hydrogens is 431 g/mol. The third-order valence-electron chi connectivity index (χ3n) is 6.60. The molecule has 172 valence electrons. The van der Waals surface area contributed by atoms with Crippen molar-refractivity contribution in [3.63, 3.8) is 0 Å². The average Bonchev–Trinajstić information content (AvgIpc) is 2.79. The van der Waals surface area contributed by atoms with Gasteiger partial charge in [0.1, 0.15) is 0 Å². The van der Waals surface area contributed by atoms with Crippen LogP contribution in [0.4, 0.5) is 0 Å². The zero-order chi connectivity index (χ0) is 24.5. The maximum absolute atomic E-state index is 14.9. The van der Waals surface area contributed by atoms with Crippen molar-refractivity contribution in [2.24, 2.45) is 0 Å². The van der Waals surface area contributed by atoms with Crippen LogP contribution in [-0.4, -0.2) is 11.3 Å². The summed E-state index contributed by atoms with van der Waals surface area (Å²) in [7, 11) is 0. The molecule has 0 saturated carbocycles. The predicted molar refractivity (Wildman–Crippen MR) is 150 cm³/mol. The quantitative estimate of drug-likeness (QED) is 0.286. The van der Waals surface area contributed by atoms with E-state index in [-0.39, 0.29) is 5.52 Å². The maximum Gasteiger partial charge on any atom is 0.192 e. The third-order valence-corrected chi connectivity index (χ3v) is 10.3. The lowest BCUT2D eigenvalue weighted by molar-refractivity contribution is 0.108. The highest BCUT2D eigenvalue weighted by Gasteiger charge is 2.34. The first-order valence-electron chi connectivity index (χ1n) is 11.8. The summed E-state index contributed by atoms with van der Waals surface area (Å²) >= 11 is 0. The van der Waals surface area contributed by atoms with Gasteiger partial charge in [-0.3, -0.25) is 4.79 Å². The van der Waals surface area contributed by atoms with E-state index in [0.717, 1.165) is 27.3 Å². The van der Waals surface area contributed by atoms with E-state index in [1.165, 1.54) is 27.8 Å². The van der Waals surface area contributed by atoms with Gasteiger partial charge in [-0.2, -0.15) is 0 Å². The molecule has 4 rings (SSSR count). The van der Waals surface area contributed by atoms with Crippen LogP contribution < -0.4 is 10.6 Å². The number of aryl methyl sites for hydroxylation is 6. The van der Waals surface area contributed by atoms with Crippen molar-refractivity contribution in [1.29, 1.82) is 0 Å². The Morgan fingerprint density at radius 1 is 0.588 bits per heavy atom. The minimum Gasteiger partial charge on any atom is -0.288 e. The maximum atomic E-state index is 14.9. The molecule has 0 unspecified atom stereocenters. The summed E-state index contributed by atoms with van der Waals surface area (Å²) in [6.07, 6.45) is 0. The SMILES string of the molecule is Cc1cc(C)c(C=P(C(=O)c2c(C)cc(C)cc2C)(c2ccccc2)c2ccccc2)c(C)c1. The van der Waals surface area contributed by atoms with Crippen molar-refractivity contribution >= 4 is 28.8 Å². The number of hydrogen-bond acceptors (Lipinski definition) is 1. The van der Waals surface area contributed by atoms with E-state index in [1.807, 2.05) is 12.1 Å². The van der Waals surface area contributed by atoms with Crippen LogP contribution in [0.2, 0.25) is 0 Å². The summed E-state index contributed by atoms with van der Waals surface area (Å²) in [6.45, 7) is 10.0. The molecule has 0 aliphatic heterocycles. The van der Waals surface area contributed by atoms with Gasteiger partial charge in [0.15, 0.2) is 5.52 Å². The van der Waals surface area contributed by atoms with Gasteiger partial charge in [-0.15, -0.1) is 0 Å². The molecule has 0 bridgehead atoms. The lowest BCUT2D eigenvalue weighted by atomic mass is 10.0. The highest BCUT2D eigenvalue weighted by atomic mass is 31.2. The number of carbonyl (C=O) groups is 1. The summed E-state index contributed by atoms with van der Waals surface area (Å²) < 4.78 is 0. The van der Waals surface area contributed by atoms with Gasteiger partial charge in [-0.1, -0.05) is 96.1 Å². The highest BCUT2D eigenvalue weighted by Crippen LogP contribution is 2.50. The molecule has 4 aromatic carbocycles. The second-order valence-electron chi connectivity index (χ2n) is 9.41. The molecule has 4 aromatic rings. The molecule has 0 spiro atoms. The molecule has 2 heteroatoms. The molecule has 0 aliphatic rings. The van der Waals surface area contributed by atoms with Crippen LogP contribution in [0.3, 0.4) is 0 Å². The summed E-state index contributed by atoms with van der Waals surface area (Å²) in [5.74, 6) is 2.32. The van der Waals surface area contributed by atoms with Crippen LogP contribution >= 0.6 is 6.89 Å². The molecule has 0 aromatic heterocycles. The van der Waals surface area contributed by atoms with E-state index in [1.54, 1.807) is 0 Å². The molecule has 0 amide bonds. The first kappa shape index (κ1) is 24.0. The Balaban J connectivity index is 2.20. The summed E-state index contributed by atoms with van der Waals surface area (Å²) in [4.78, 5) is 14.9. The minimum absolute atomic E-state index is 0.222. The number of benzene rings is 4. The van der Waals surface area contributed by atoms with Gasteiger partial charge in [-0.05, 0) is 85.8 Å². The van der Waals surface area contributed by atoms with Gasteiger partial charge >= 0.3 is 0 Å². The van der Waals surface area contributed by atoms with Crippen molar-refractivity contribution in [3.05, 3.63) is 129 Å². The lowest BCUT2D eigenvalue weighted by Crippen LogP contribution is -2.26. The predicted octanol–water partition coefficient (Wildman–Crippen LogP) is 7.20. The Kier molecular flexibility index (Phi) is 6.78. The molecule has 0 heterocycles. The fraction of sp³-hybridized carbons (Fsp3) is 0.188. The van der Waals surface area contributed by atoms with E-state index in [0.29, 0.717) is 0 Å². The second-order valence-corrected chi connectivity index (χ2v) is 12.6. The molecule has 0 saturated heterocycles. The van der Waals surface area contributed by atoms with E-state index in [9.17, 15) is 4.79 Å². The molecule has 0 N–H and O–H groups in total. The third kappa shape index (κ3) is 4.33. The van der Waals surface area contributed by atoms with Crippen molar-refractivity contribution < 1.29 is 4.79 Å².